The molecule has 0 saturated carbocycles. The number of nitrogens with zero attached hydrogens (tertiary/aromatic N) is 1. The van der Waals surface area contributed by atoms with Crippen LogP contribution >= 0.6 is 11.8 Å². The van der Waals surface area contributed by atoms with Crippen LogP contribution in [0, 0.1) is 5.82 Å². The van der Waals surface area contributed by atoms with E-state index in [1.807, 2.05) is 29.2 Å². The molecule has 1 heterocycles. The molecule has 1 aliphatic rings. The summed E-state index contributed by atoms with van der Waals surface area (Å²) >= 11 is 1.76. The fourth-order valence-electron chi connectivity index (χ4n) is 2.64. The van der Waals surface area contributed by atoms with Gasteiger partial charge in [0.15, 0.2) is 0 Å². The summed E-state index contributed by atoms with van der Waals surface area (Å²) in [6.07, 6.45) is 0.531. The molecule has 3 nitrogen and oxygen atoms in total. The molecular formula is C18H19FN2OS. The lowest BCUT2D eigenvalue weighted by molar-refractivity contribution is -0.131. The zero-order valence-electron chi connectivity index (χ0n) is 12.7. The fourth-order valence-corrected chi connectivity index (χ4v) is 3.59. The number of amides is 1. The third-order valence-corrected chi connectivity index (χ3v) is 4.93. The number of hydrogen-bond donors (Lipinski definition) is 1. The van der Waals surface area contributed by atoms with Crippen molar-refractivity contribution in [1.29, 1.82) is 0 Å². The number of carbonyl (C=O) groups excluding carboxylic acids is 1. The Balaban J connectivity index is 1.65. The van der Waals surface area contributed by atoms with Crippen LogP contribution < -0.4 is 5.73 Å². The van der Waals surface area contributed by atoms with Crippen LogP contribution in [0.15, 0.2) is 48.5 Å². The molecule has 2 aromatic rings. The summed E-state index contributed by atoms with van der Waals surface area (Å²) in [7, 11) is 0. The van der Waals surface area contributed by atoms with Crippen LogP contribution in [0.1, 0.15) is 5.56 Å². The smallest absolute Gasteiger partial charge is 0.240 e. The van der Waals surface area contributed by atoms with E-state index >= 15 is 0 Å². The predicted molar refractivity (Wildman–Crippen MR) is 92.6 cm³/mol. The first-order valence-corrected chi connectivity index (χ1v) is 8.76. The predicted octanol–water partition coefficient (Wildman–Crippen LogP) is 2.90. The molecule has 0 spiro atoms. The minimum atomic E-state index is -0.495. The molecule has 0 aliphatic carbocycles. The number of halogens is 1. The Morgan fingerprint density at radius 1 is 1.13 bits per heavy atom. The number of carbonyl (C=O) groups is 1. The lowest BCUT2D eigenvalue weighted by Gasteiger charge is -2.19. The fraction of sp³-hybridized carbons (Fsp3) is 0.278. The first-order valence-electron chi connectivity index (χ1n) is 7.60. The Morgan fingerprint density at radius 3 is 2.30 bits per heavy atom. The zero-order valence-corrected chi connectivity index (χ0v) is 13.6. The van der Waals surface area contributed by atoms with Crippen LogP contribution in [-0.4, -0.2) is 35.0 Å². The molecule has 23 heavy (non-hydrogen) atoms. The standard InChI is InChI=1S/C18H19FN2OS/c19-16-7-5-15(6-8-16)14-3-1-13(2-4-14)11-17(20)18(22)21-9-10-23-12-21/h1-8,17H,9-12,20H2/t17-/m0/s1. The summed E-state index contributed by atoms with van der Waals surface area (Å²) in [5.74, 6) is 1.52. The van der Waals surface area contributed by atoms with Gasteiger partial charge in [0.05, 0.1) is 11.9 Å². The normalized spacial score (nSPS) is 15.7. The highest BCUT2D eigenvalue weighted by Gasteiger charge is 2.23. The highest BCUT2D eigenvalue weighted by molar-refractivity contribution is 7.99. The molecule has 0 radical (unpaired) electrons. The van der Waals surface area contributed by atoms with E-state index in [-0.39, 0.29) is 11.7 Å². The van der Waals surface area contributed by atoms with Gasteiger partial charge in [-0.15, -0.1) is 11.8 Å². The van der Waals surface area contributed by atoms with E-state index in [4.69, 9.17) is 5.73 Å². The van der Waals surface area contributed by atoms with Crippen molar-refractivity contribution in [3.63, 3.8) is 0 Å². The summed E-state index contributed by atoms with van der Waals surface area (Å²) in [6.45, 7) is 0.792. The van der Waals surface area contributed by atoms with Gasteiger partial charge in [0.1, 0.15) is 5.82 Å². The number of nitrogens with two attached hydrogens (primary N) is 1. The van der Waals surface area contributed by atoms with E-state index < -0.39 is 6.04 Å². The quantitative estimate of drug-likeness (QED) is 0.938. The molecule has 0 unspecified atom stereocenters. The second kappa shape index (κ2) is 7.15. The van der Waals surface area contributed by atoms with Crippen LogP contribution in [0.25, 0.3) is 11.1 Å². The maximum atomic E-state index is 13.0. The van der Waals surface area contributed by atoms with Crippen molar-refractivity contribution >= 4 is 17.7 Å². The number of rotatable bonds is 4. The lowest BCUT2D eigenvalue weighted by atomic mass is 10.0. The summed E-state index contributed by atoms with van der Waals surface area (Å²) in [4.78, 5) is 14.0. The second-order valence-electron chi connectivity index (χ2n) is 5.65. The molecule has 1 atom stereocenters. The number of thioether (sulfide) groups is 1. The maximum absolute atomic E-state index is 13.0. The van der Waals surface area contributed by atoms with E-state index in [9.17, 15) is 9.18 Å². The van der Waals surface area contributed by atoms with Crippen molar-refractivity contribution in [3.8, 4) is 11.1 Å². The first-order chi connectivity index (χ1) is 11.1. The molecule has 0 aromatic heterocycles. The Hall–Kier alpha value is -1.85. The molecule has 3 rings (SSSR count). The van der Waals surface area contributed by atoms with E-state index in [1.165, 1.54) is 12.1 Å². The molecular weight excluding hydrogens is 311 g/mol. The zero-order chi connectivity index (χ0) is 16.2. The molecule has 1 aliphatic heterocycles. The topological polar surface area (TPSA) is 46.3 Å². The maximum Gasteiger partial charge on any atom is 0.240 e. The lowest BCUT2D eigenvalue weighted by Crippen LogP contribution is -2.43. The molecule has 120 valence electrons. The van der Waals surface area contributed by atoms with Gasteiger partial charge in [-0.05, 0) is 35.2 Å². The Labute approximate surface area is 139 Å². The van der Waals surface area contributed by atoms with Crippen molar-refractivity contribution in [2.45, 2.75) is 12.5 Å². The van der Waals surface area contributed by atoms with E-state index in [0.29, 0.717) is 6.42 Å². The van der Waals surface area contributed by atoms with Crippen LogP contribution in [0.4, 0.5) is 4.39 Å². The molecule has 2 aromatic carbocycles. The Bertz CT molecular complexity index is 666. The number of hydrogen-bond acceptors (Lipinski definition) is 3. The van der Waals surface area contributed by atoms with Crippen LogP contribution in [0.3, 0.4) is 0 Å². The molecule has 2 N–H and O–H groups in total. The highest BCUT2D eigenvalue weighted by Crippen LogP contribution is 2.21. The van der Waals surface area contributed by atoms with Gasteiger partial charge in [-0.1, -0.05) is 36.4 Å². The van der Waals surface area contributed by atoms with Crippen molar-refractivity contribution in [3.05, 3.63) is 59.9 Å². The molecule has 1 saturated heterocycles. The van der Waals surface area contributed by atoms with Gasteiger partial charge < -0.3 is 10.6 Å². The van der Waals surface area contributed by atoms with Crippen molar-refractivity contribution in [2.75, 3.05) is 18.2 Å². The first kappa shape index (κ1) is 16.0. The van der Waals surface area contributed by atoms with Crippen LogP contribution in [-0.2, 0) is 11.2 Å². The molecule has 1 amide bonds. The third-order valence-electron chi connectivity index (χ3n) is 3.97. The highest BCUT2D eigenvalue weighted by atomic mass is 32.2. The van der Waals surface area contributed by atoms with Gasteiger partial charge in [0.25, 0.3) is 0 Å². The van der Waals surface area contributed by atoms with E-state index in [2.05, 4.69) is 0 Å². The average Bonchev–Trinajstić information content (AvgIpc) is 3.10. The summed E-state index contributed by atoms with van der Waals surface area (Å²) < 4.78 is 13.0. The number of benzene rings is 2. The van der Waals surface area contributed by atoms with Crippen LogP contribution in [0.2, 0.25) is 0 Å². The third kappa shape index (κ3) is 3.92. The van der Waals surface area contributed by atoms with Crippen molar-refractivity contribution in [1.82, 2.24) is 4.90 Å². The van der Waals surface area contributed by atoms with Crippen molar-refractivity contribution in [2.24, 2.45) is 5.73 Å². The van der Waals surface area contributed by atoms with Crippen LogP contribution in [0.5, 0.6) is 0 Å². The minimum Gasteiger partial charge on any atom is -0.331 e. The SMILES string of the molecule is N[C@@H](Cc1ccc(-c2ccc(F)cc2)cc1)C(=O)N1CCSC1. The van der Waals surface area contributed by atoms with Gasteiger partial charge in [-0.3, -0.25) is 4.79 Å². The van der Waals surface area contributed by atoms with Crippen molar-refractivity contribution < 1.29 is 9.18 Å². The molecule has 5 heteroatoms. The van der Waals surface area contributed by atoms with E-state index in [0.717, 1.165) is 34.9 Å². The summed E-state index contributed by atoms with van der Waals surface area (Å²) in [5.41, 5.74) is 9.07. The monoisotopic (exact) mass is 330 g/mol. The Kier molecular flexibility index (Phi) is 4.98. The molecule has 0 bridgehead atoms. The van der Waals surface area contributed by atoms with Gasteiger partial charge >= 0.3 is 0 Å². The Morgan fingerprint density at radius 2 is 1.74 bits per heavy atom. The minimum absolute atomic E-state index is 0.0256. The summed E-state index contributed by atoms with van der Waals surface area (Å²) in [5, 5.41) is 0. The van der Waals surface area contributed by atoms with Gasteiger partial charge in [0, 0.05) is 12.3 Å². The van der Waals surface area contributed by atoms with E-state index in [1.54, 1.807) is 23.9 Å². The largest absolute Gasteiger partial charge is 0.331 e. The molecule has 1 fully saturated rings. The van der Waals surface area contributed by atoms with Gasteiger partial charge in [0.2, 0.25) is 5.91 Å². The average molecular weight is 330 g/mol. The van der Waals surface area contributed by atoms with Gasteiger partial charge in [-0.25, -0.2) is 4.39 Å². The van der Waals surface area contributed by atoms with Gasteiger partial charge in [-0.2, -0.15) is 0 Å². The summed E-state index contributed by atoms with van der Waals surface area (Å²) in [6, 6.07) is 13.8. The second-order valence-corrected chi connectivity index (χ2v) is 6.73.